The molecule has 0 N–H and O–H groups in total. The summed E-state index contributed by atoms with van der Waals surface area (Å²) < 4.78 is 4.79. The van der Waals surface area contributed by atoms with Crippen LogP contribution >= 0.6 is 0 Å². The van der Waals surface area contributed by atoms with Gasteiger partial charge in [0.05, 0.1) is 12.1 Å². The zero-order valence-electron chi connectivity index (χ0n) is 15.6. The molecule has 0 radical (unpaired) electrons. The van der Waals surface area contributed by atoms with Crippen molar-refractivity contribution in [1.29, 1.82) is 0 Å². The summed E-state index contributed by atoms with van der Waals surface area (Å²) in [6.45, 7) is 5.31. The number of nitrogens with zero attached hydrogens (tertiary/aromatic N) is 3. The molecule has 2 amide bonds. The van der Waals surface area contributed by atoms with Crippen molar-refractivity contribution in [3.05, 3.63) is 18.0 Å². The quantitative estimate of drug-likeness (QED) is 0.782. The fraction of sp³-hybridized carbons (Fsp3) is 0.750. The predicted octanol–water partition coefficient (Wildman–Crippen LogP) is 2.35. The third-order valence-corrected chi connectivity index (χ3v) is 6.62. The number of carbonyl (C=O) groups is 2. The van der Waals surface area contributed by atoms with Crippen molar-refractivity contribution in [2.24, 2.45) is 23.7 Å². The highest BCUT2D eigenvalue weighted by Crippen LogP contribution is 2.55. The number of aromatic nitrogens is 1. The highest BCUT2D eigenvalue weighted by molar-refractivity contribution is 5.80. The topological polar surface area (TPSA) is 66.7 Å². The maximum atomic E-state index is 12.9. The lowest BCUT2D eigenvalue weighted by Gasteiger charge is -2.35. The summed E-state index contributed by atoms with van der Waals surface area (Å²) in [6.07, 6.45) is 7.39. The molecule has 1 aromatic rings. The average Bonchev–Trinajstić information content (AvgIpc) is 3.06. The smallest absolute Gasteiger partial charge is 0.228 e. The largest absolute Gasteiger partial charge is 0.364 e. The van der Waals surface area contributed by atoms with Crippen molar-refractivity contribution < 1.29 is 14.1 Å². The first-order valence-electron chi connectivity index (χ1n) is 10.1. The van der Waals surface area contributed by atoms with Crippen molar-refractivity contribution in [3.63, 3.8) is 0 Å². The number of hydrogen-bond acceptors (Lipinski definition) is 4. The SMILES string of the molecule is CCN(CC1CCN(C(=O)Cc2ccon2)CC1)C(=O)[C@@H]1CC[C@@H]2C[C@@H]21. The lowest BCUT2D eigenvalue weighted by molar-refractivity contribution is -0.138. The molecule has 3 atom stereocenters. The molecule has 6 nitrogen and oxygen atoms in total. The number of amides is 2. The molecule has 2 saturated carbocycles. The van der Waals surface area contributed by atoms with Gasteiger partial charge in [0.15, 0.2) is 0 Å². The highest BCUT2D eigenvalue weighted by atomic mass is 16.5. The summed E-state index contributed by atoms with van der Waals surface area (Å²) in [5, 5.41) is 3.82. The van der Waals surface area contributed by atoms with Crippen molar-refractivity contribution in [2.45, 2.75) is 45.4 Å². The first-order valence-corrected chi connectivity index (χ1v) is 10.1. The minimum absolute atomic E-state index is 0.117. The second kappa shape index (κ2) is 7.41. The summed E-state index contributed by atoms with van der Waals surface area (Å²) in [5.74, 6) is 2.85. The van der Waals surface area contributed by atoms with Crippen LogP contribution in [-0.2, 0) is 16.0 Å². The van der Waals surface area contributed by atoms with Crippen LogP contribution in [0.5, 0.6) is 0 Å². The molecule has 1 aliphatic heterocycles. The Balaban J connectivity index is 1.24. The number of carbonyl (C=O) groups excluding carboxylic acids is 2. The molecule has 4 rings (SSSR count). The van der Waals surface area contributed by atoms with E-state index in [1.54, 1.807) is 6.07 Å². The third-order valence-electron chi connectivity index (χ3n) is 6.62. The Kier molecular flexibility index (Phi) is 5.00. The molecule has 2 heterocycles. The van der Waals surface area contributed by atoms with Crippen molar-refractivity contribution >= 4 is 11.8 Å². The van der Waals surface area contributed by atoms with Gasteiger partial charge in [-0.3, -0.25) is 9.59 Å². The molecule has 1 saturated heterocycles. The van der Waals surface area contributed by atoms with Crippen LogP contribution in [0.3, 0.4) is 0 Å². The van der Waals surface area contributed by atoms with E-state index < -0.39 is 0 Å². The molecule has 142 valence electrons. The summed E-state index contributed by atoms with van der Waals surface area (Å²) in [5.41, 5.74) is 0.690. The van der Waals surface area contributed by atoms with E-state index in [1.807, 2.05) is 4.90 Å². The van der Waals surface area contributed by atoms with Crippen LogP contribution in [0, 0.1) is 23.7 Å². The first-order chi connectivity index (χ1) is 12.7. The second-order valence-corrected chi connectivity index (χ2v) is 8.21. The minimum atomic E-state index is 0.117. The molecule has 0 unspecified atom stereocenters. The van der Waals surface area contributed by atoms with Gasteiger partial charge in [0, 0.05) is 38.2 Å². The Morgan fingerprint density at radius 1 is 1.27 bits per heavy atom. The van der Waals surface area contributed by atoms with Gasteiger partial charge in [0.25, 0.3) is 0 Å². The molecule has 0 spiro atoms. The minimum Gasteiger partial charge on any atom is -0.364 e. The van der Waals surface area contributed by atoms with Crippen molar-refractivity contribution in [1.82, 2.24) is 15.0 Å². The van der Waals surface area contributed by atoms with Gasteiger partial charge in [-0.05, 0) is 56.8 Å². The van der Waals surface area contributed by atoms with Gasteiger partial charge in [-0.25, -0.2) is 0 Å². The lowest BCUT2D eigenvalue weighted by atomic mass is 9.94. The maximum absolute atomic E-state index is 12.9. The van der Waals surface area contributed by atoms with Crippen molar-refractivity contribution in [3.8, 4) is 0 Å². The van der Waals surface area contributed by atoms with E-state index in [0.29, 0.717) is 35.8 Å². The predicted molar refractivity (Wildman–Crippen MR) is 96.1 cm³/mol. The molecule has 0 aromatic carbocycles. The number of rotatable bonds is 6. The summed E-state index contributed by atoms with van der Waals surface area (Å²) in [6, 6.07) is 1.74. The standard InChI is InChI=1S/C20H29N3O3/c1-2-22(20(25)17-4-3-15-11-18(15)17)13-14-5-8-23(9-6-14)19(24)12-16-7-10-26-21-16/h7,10,14-15,17-18H,2-6,8-9,11-13H2,1H3/t15-,17-,18+/m1/s1. The van der Waals surface area contributed by atoms with Crippen LogP contribution in [0.25, 0.3) is 0 Å². The van der Waals surface area contributed by atoms with Crippen LogP contribution in [0.15, 0.2) is 16.9 Å². The third kappa shape index (κ3) is 3.64. The van der Waals surface area contributed by atoms with Gasteiger partial charge in [0.1, 0.15) is 6.26 Å². The van der Waals surface area contributed by atoms with E-state index in [-0.39, 0.29) is 5.91 Å². The second-order valence-electron chi connectivity index (χ2n) is 8.21. The number of fused-ring (bicyclic) bond motifs is 1. The zero-order chi connectivity index (χ0) is 18.1. The highest BCUT2D eigenvalue weighted by Gasteiger charge is 2.51. The van der Waals surface area contributed by atoms with Gasteiger partial charge >= 0.3 is 0 Å². The molecule has 3 fully saturated rings. The molecular weight excluding hydrogens is 330 g/mol. The summed E-state index contributed by atoms with van der Waals surface area (Å²) in [7, 11) is 0. The Labute approximate surface area is 154 Å². The molecular formula is C20H29N3O3. The van der Waals surface area contributed by atoms with Crippen LogP contribution in [0.4, 0.5) is 0 Å². The Morgan fingerprint density at radius 3 is 2.65 bits per heavy atom. The fourth-order valence-electron chi connectivity index (χ4n) is 4.89. The van der Waals surface area contributed by atoms with Gasteiger partial charge in [-0.2, -0.15) is 0 Å². The molecule has 2 aliphatic carbocycles. The molecule has 3 aliphatic rings. The fourth-order valence-corrected chi connectivity index (χ4v) is 4.89. The van der Waals surface area contributed by atoms with Crippen molar-refractivity contribution in [2.75, 3.05) is 26.2 Å². The monoisotopic (exact) mass is 359 g/mol. The van der Waals surface area contributed by atoms with E-state index in [1.165, 1.54) is 19.1 Å². The normalized spacial score (nSPS) is 28.0. The number of hydrogen-bond donors (Lipinski definition) is 0. The van der Waals surface area contributed by atoms with E-state index in [0.717, 1.165) is 51.4 Å². The molecule has 26 heavy (non-hydrogen) atoms. The van der Waals surface area contributed by atoms with Crippen LogP contribution in [0.2, 0.25) is 0 Å². The Morgan fingerprint density at radius 2 is 2.08 bits per heavy atom. The number of likely N-dealkylation sites (tertiary alicyclic amines) is 1. The maximum Gasteiger partial charge on any atom is 0.228 e. The zero-order valence-corrected chi connectivity index (χ0v) is 15.6. The van der Waals surface area contributed by atoms with E-state index in [9.17, 15) is 9.59 Å². The van der Waals surface area contributed by atoms with Gasteiger partial charge < -0.3 is 14.3 Å². The first kappa shape index (κ1) is 17.6. The van der Waals surface area contributed by atoms with E-state index in [4.69, 9.17) is 4.52 Å². The Hall–Kier alpha value is -1.85. The van der Waals surface area contributed by atoms with Gasteiger partial charge in [0.2, 0.25) is 11.8 Å². The van der Waals surface area contributed by atoms with Crippen LogP contribution in [0.1, 0.15) is 44.7 Å². The van der Waals surface area contributed by atoms with Gasteiger partial charge in [-0.15, -0.1) is 0 Å². The lowest BCUT2D eigenvalue weighted by Crippen LogP contribution is -2.44. The Bertz CT molecular complexity index is 637. The van der Waals surface area contributed by atoms with E-state index >= 15 is 0 Å². The van der Waals surface area contributed by atoms with Crippen LogP contribution < -0.4 is 0 Å². The summed E-state index contributed by atoms with van der Waals surface area (Å²) >= 11 is 0. The van der Waals surface area contributed by atoms with Gasteiger partial charge in [-0.1, -0.05) is 5.16 Å². The molecule has 6 heteroatoms. The van der Waals surface area contributed by atoms with E-state index in [2.05, 4.69) is 17.0 Å². The molecule has 0 bridgehead atoms. The number of piperidine rings is 1. The van der Waals surface area contributed by atoms with Crippen LogP contribution in [-0.4, -0.2) is 52.9 Å². The average molecular weight is 359 g/mol. The molecule has 1 aromatic heterocycles. The summed E-state index contributed by atoms with van der Waals surface area (Å²) in [4.78, 5) is 29.2.